The number of H-pyrrole nitrogens is 1. The Morgan fingerprint density at radius 2 is 2.16 bits per heavy atom. The molecule has 0 aliphatic heterocycles. The first-order valence-electron chi connectivity index (χ1n) is 5.58. The van der Waals surface area contributed by atoms with Crippen molar-refractivity contribution in [2.45, 2.75) is 11.6 Å². The number of nitrogens with one attached hydrogen (secondary N) is 1. The van der Waals surface area contributed by atoms with Crippen molar-refractivity contribution in [3.05, 3.63) is 29.8 Å². The SMILES string of the molecule is O=C(O)c1ccc(OCCCSc2nn[nH]n2)cc1. The summed E-state index contributed by atoms with van der Waals surface area (Å²) in [5, 5.41) is 22.8. The summed E-state index contributed by atoms with van der Waals surface area (Å²) in [6, 6.07) is 6.34. The highest BCUT2D eigenvalue weighted by molar-refractivity contribution is 7.99. The van der Waals surface area contributed by atoms with Crippen molar-refractivity contribution in [2.24, 2.45) is 0 Å². The third-order valence-electron chi connectivity index (χ3n) is 2.22. The lowest BCUT2D eigenvalue weighted by Gasteiger charge is -2.05. The maximum Gasteiger partial charge on any atom is 0.335 e. The fraction of sp³-hybridized carbons (Fsp3) is 0.273. The van der Waals surface area contributed by atoms with E-state index >= 15 is 0 Å². The van der Waals surface area contributed by atoms with Crippen LogP contribution >= 0.6 is 11.8 Å². The normalized spacial score (nSPS) is 10.3. The number of carbonyl (C=O) groups is 1. The minimum absolute atomic E-state index is 0.250. The van der Waals surface area contributed by atoms with E-state index in [0.717, 1.165) is 12.2 Å². The summed E-state index contributed by atoms with van der Waals surface area (Å²) in [4.78, 5) is 10.7. The molecule has 1 aromatic heterocycles. The second kappa shape index (κ2) is 6.74. The molecule has 8 heteroatoms. The van der Waals surface area contributed by atoms with Crippen LogP contribution in [0.25, 0.3) is 0 Å². The van der Waals surface area contributed by atoms with Crippen molar-refractivity contribution < 1.29 is 14.6 Å². The predicted octanol–water partition coefficient (Wildman–Crippen LogP) is 1.46. The summed E-state index contributed by atoms with van der Waals surface area (Å²) >= 11 is 1.49. The topological polar surface area (TPSA) is 101 Å². The molecule has 0 aliphatic rings. The van der Waals surface area contributed by atoms with Crippen LogP contribution in [0.4, 0.5) is 0 Å². The van der Waals surface area contributed by atoms with E-state index in [0.29, 0.717) is 17.5 Å². The molecule has 0 spiro atoms. The van der Waals surface area contributed by atoms with E-state index in [1.165, 1.54) is 23.9 Å². The van der Waals surface area contributed by atoms with Crippen LogP contribution in [-0.2, 0) is 0 Å². The number of aromatic nitrogens is 4. The van der Waals surface area contributed by atoms with Crippen LogP contribution in [0, 0.1) is 0 Å². The maximum atomic E-state index is 10.7. The van der Waals surface area contributed by atoms with E-state index in [2.05, 4.69) is 20.6 Å². The van der Waals surface area contributed by atoms with Crippen molar-refractivity contribution in [3.8, 4) is 5.75 Å². The van der Waals surface area contributed by atoms with Crippen LogP contribution in [0.3, 0.4) is 0 Å². The van der Waals surface area contributed by atoms with Crippen molar-refractivity contribution >= 4 is 17.7 Å². The molecule has 0 radical (unpaired) electrons. The lowest BCUT2D eigenvalue weighted by atomic mass is 10.2. The van der Waals surface area contributed by atoms with E-state index in [-0.39, 0.29) is 5.56 Å². The molecular weight excluding hydrogens is 268 g/mol. The monoisotopic (exact) mass is 280 g/mol. The van der Waals surface area contributed by atoms with Gasteiger partial charge in [0.25, 0.3) is 0 Å². The molecule has 0 unspecified atom stereocenters. The summed E-state index contributed by atoms with van der Waals surface area (Å²) in [5.41, 5.74) is 0.250. The number of carboxylic acid groups (broad SMARTS) is 1. The van der Waals surface area contributed by atoms with Crippen LogP contribution in [0.1, 0.15) is 16.8 Å². The van der Waals surface area contributed by atoms with Crippen LogP contribution in [0.5, 0.6) is 5.75 Å². The Kier molecular flexibility index (Phi) is 4.73. The fourth-order valence-corrected chi connectivity index (χ4v) is 1.97. The Balaban J connectivity index is 1.66. The average Bonchev–Trinajstić information content (AvgIpc) is 2.92. The summed E-state index contributed by atoms with van der Waals surface area (Å²) in [7, 11) is 0. The highest BCUT2D eigenvalue weighted by Gasteiger charge is 2.02. The van der Waals surface area contributed by atoms with Gasteiger partial charge in [0.15, 0.2) is 0 Å². The van der Waals surface area contributed by atoms with Crippen molar-refractivity contribution in [1.82, 2.24) is 20.6 Å². The Hall–Kier alpha value is -2.09. The molecule has 0 saturated heterocycles. The van der Waals surface area contributed by atoms with E-state index in [9.17, 15) is 4.79 Å². The number of tetrazole rings is 1. The molecule has 100 valence electrons. The first-order chi connectivity index (χ1) is 9.25. The van der Waals surface area contributed by atoms with Crippen molar-refractivity contribution in [1.29, 1.82) is 0 Å². The predicted molar refractivity (Wildman–Crippen MR) is 68.4 cm³/mol. The minimum Gasteiger partial charge on any atom is -0.494 e. The first-order valence-corrected chi connectivity index (χ1v) is 6.56. The Labute approximate surface area is 113 Å². The Morgan fingerprint density at radius 1 is 1.37 bits per heavy atom. The second-order valence-corrected chi connectivity index (χ2v) is 4.64. The molecular formula is C11H12N4O3S. The molecule has 19 heavy (non-hydrogen) atoms. The van der Waals surface area contributed by atoms with Gasteiger partial charge in [-0.2, -0.15) is 5.21 Å². The average molecular weight is 280 g/mol. The molecule has 2 N–H and O–H groups in total. The molecule has 2 aromatic rings. The number of thioether (sulfide) groups is 1. The summed E-state index contributed by atoms with van der Waals surface area (Å²) in [6.45, 7) is 0.553. The quantitative estimate of drug-likeness (QED) is 0.584. The number of rotatable bonds is 7. The molecule has 0 fully saturated rings. The van der Waals surface area contributed by atoms with Gasteiger partial charge in [-0.15, -0.1) is 10.2 Å². The smallest absolute Gasteiger partial charge is 0.335 e. The highest BCUT2D eigenvalue weighted by atomic mass is 32.2. The third kappa shape index (κ3) is 4.25. The minimum atomic E-state index is -0.942. The van der Waals surface area contributed by atoms with Crippen molar-refractivity contribution in [3.63, 3.8) is 0 Å². The van der Waals surface area contributed by atoms with Gasteiger partial charge < -0.3 is 9.84 Å². The first kappa shape index (κ1) is 13.3. The lowest BCUT2D eigenvalue weighted by Crippen LogP contribution is -2.00. The van der Waals surface area contributed by atoms with E-state index < -0.39 is 5.97 Å². The number of nitrogens with zero attached hydrogens (tertiary/aromatic N) is 3. The zero-order valence-electron chi connectivity index (χ0n) is 9.94. The van der Waals surface area contributed by atoms with E-state index in [1.54, 1.807) is 12.1 Å². The van der Waals surface area contributed by atoms with Gasteiger partial charge in [0, 0.05) is 5.75 Å². The number of carboxylic acids is 1. The largest absolute Gasteiger partial charge is 0.494 e. The summed E-state index contributed by atoms with van der Waals surface area (Å²) in [6.07, 6.45) is 0.833. The molecule has 1 heterocycles. The van der Waals surface area contributed by atoms with E-state index in [1.807, 2.05) is 0 Å². The number of hydrogen-bond acceptors (Lipinski definition) is 6. The third-order valence-corrected chi connectivity index (χ3v) is 3.14. The van der Waals surface area contributed by atoms with Gasteiger partial charge in [0.05, 0.1) is 12.2 Å². The molecule has 0 aliphatic carbocycles. The molecule has 0 atom stereocenters. The number of ether oxygens (including phenoxy) is 1. The maximum absolute atomic E-state index is 10.7. The van der Waals surface area contributed by atoms with Gasteiger partial charge in [-0.05, 0) is 35.9 Å². The Morgan fingerprint density at radius 3 is 2.79 bits per heavy atom. The Bertz CT molecular complexity index is 515. The van der Waals surface area contributed by atoms with Gasteiger partial charge in [0.1, 0.15) is 5.75 Å². The van der Waals surface area contributed by atoms with Crippen LogP contribution in [0.2, 0.25) is 0 Å². The van der Waals surface area contributed by atoms with Crippen LogP contribution < -0.4 is 4.74 Å². The van der Waals surface area contributed by atoms with Crippen LogP contribution in [-0.4, -0.2) is 44.1 Å². The van der Waals surface area contributed by atoms with Gasteiger partial charge in [-0.25, -0.2) is 4.79 Å². The molecule has 7 nitrogen and oxygen atoms in total. The summed E-state index contributed by atoms with van der Waals surface area (Å²) in [5.74, 6) is 0.546. The van der Waals surface area contributed by atoms with Gasteiger partial charge in [-0.1, -0.05) is 11.8 Å². The number of aromatic carboxylic acids is 1. The molecule has 0 saturated carbocycles. The van der Waals surface area contributed by atoms with Gasteiger partial charge in [-0.3, -0.25) is 0 Å². The fourth-order valence-electron chi connectivity index (χ4n) is 1.32. The van der Waals surface area contributed by atoms with Crippen molar-refractivity contribution in [2.75, 3.05) is 12.4 Å². The lowest BCUT2D eigenvalue weighted by molar-refractivity contribution is 0.0697. The standard InChI is InChI=1S/C11H12N4O3S/c16-10(17)8-2-4-9(5-3-8)18-6-1-7-19-11-12-14-15-13-11/h2-5H,1,6-7H2,(H,16,17)(H,12,13,14,15). The van der Waals surface area contributed by atoms with Gasteiger partial charge >= 0.3 is 5.97 Å². The number of aromatic amines is 1. The molecule has 0 amide bonds. The molecule has 0 bridgehead atoms. The van der Waals surface area contributed by atoms with E-state index in [4.69, 9.17) is 9.84 Å². The number of benzene rings is 1. The molecule has 1 aromatic carbocycles. The zero-order chi connectivity index (χ0) is 13.5. The van der Waals surface area contributed by atoms with Gasteiger partial charge in [0.2, 0.25) is 5.16 Å². The number of hydrogen-bond donors (Lipinski definition) is 2. The zero-order valence-corrected chi connectivity index (χ0v) is 10.8. The highest BCUT2D eigenvalue weighted by Crippen LogP contribution is 2.14. The second-order valence-electron chi connectivity index (χ2n) is 3.57. The van der Waals surface area contributed by atoms with Crippen LogP contribution in [0.15, 0.2) is 29.4 Å². The summed E-state index contributed by atoms with van der Waals surface area (Å²) < 4.78 is 5.49. The molecule has 2 rings (SSSR count).